The molecule has 37 valence electrons. The Labute approximate surface area is 49.5 Å². The van der Waals surface area contributed by atoms with Crippen molar-refractivity contribution in [3.05, 3.63) is 20.8 Å². The van der Waals surface area contributed by atoms with E-state index in [1.165, 1.54) is 0 Å². The maximum absolute atomic E-state index is 4.26. The zero-order valence-corrected chi connectivity index (χ0v) is 4.79. The van der Waals surface area contributed by atoms with Crippen molar-refractivity contribution in [1.82, 2.24) is 0 Å². The topological polar surface area (TPSA) is 12.4 Å². The second-order valence-electron chi connectivity index (χ2n) is 1.43. The number of hydrogen-bond acceptors (Lipinski definition) is 2. The Morgan fingerprint density at radius 1 is 2.00 bits per heavy atom. The highest BCUT2D eigenvalue weighted by Crippen LogP contribution is 2.00. The van der Waals surface area contributed by atoms with Gasteiger partial charge in [-0.2, -0.15) is 0 Å². The van der Waals surface area contributed by atoms with Crippen molar-refractivity contribution in [1.29, 1.82) is 0 Å². The molecule has 0 amide bonds. The van der Waals surface area contributed by atoms with Gasteiger partial charge in [-0.3, -0.25) is 6.92 Å². The Bertz CT molecular complexity index is 95.1. The molecule has 0 heterocycles. The van der Waals surface area contributed by atoms with Crippen LogP contribution in [0.2, 0.25) is 0 Å². The van der Waals surface area contributed by atoms with Gasteiger partial charge >= 0.3 is 0 Å². The largest absolute Gasteiger partial charge is 0.270 e. The van der Waals surface area contributed by atoms with E-state index in [1.807, 2.05) is 0 Å². The molecule has 0 rings (SSSR count). The van der Waals surface area contributed by atoms with Gasteiger partial charge in [-0.25, -0.2) is 4.99 Å². The summed E-state index contributed by atoms with van der Waals surface area (Å²) in [7, 11) is 0. The molecular weight excluding hydrogens is 106 g/mol. The van der Waals surface area contributed by atoms with Gasteiger partial charge in [-0.05, 0) is 19.1 Å². The summed E-state index contributed by atoms with van der Waals surface area (Å²) in [5, 5.41) is 2.13. The Hall–Kier alpha value is -0.330. The average molecular weight is 112 g/mol. The predicted octanol–water partition coefficient (Wildman–Crippen LogP) is 1.33. The van der Waals surface area contributed by atoms with Gasteiger partial charge in [0.15, 0.2) is 0 Å². The fourth-order valence-electron chi connectivity index (χ4n) is 0.0968. The van der Waals surface area contributed by atoms with Crippen molar-refractivity contribution >= 4 is 17.4 Å². The quantitative estimate of drug-likeness (QED) is 0.283. The lowest BCUT2D eigenvalue weighted by molar-refractivity contribution is 0.821. The second-order valence-corrected chi connectivity index (χ2v) is 1.61. The van der Waals surface area contributed by atoms with Gasteiger partial charge in [0.1, 0.15) is 0 Å². The minimum absolute atomic E-state index is 0.790. The Kier molecular flexibility index (Phi) is 2.00. The third kappa shape index (κ3) is 5.67. The summed E-state index contributed by atoms with van der Waals surface area (Å²) in [5.41, 5.74) is -0.790. The lowest BCUT2D eigenvalue weighted by atomic mass is 10.1. The third-order valence-electron chi connectivity index (χ3n) is 0.283. The van der Waals surface area contributed by atoms with E-state index in [0.29, 0.717) is 0 Å². The number of rotatable bonds is 1. The highest BCUT2D eigenvalue weighted by molar-refractivity contribution is 7.78. The van der Waals surface area contributed by atoms with Crippen molar-refractivity contribution < 1.29 is 0 Å². The SMILES string of the molecule is [CH2]C([CH2+])([CH2-])N=C=S. The molecule has 1 radical (unpaired) electrons. The maximum Gasteiger partial charge on any atom is 0.0859 e. The fraction of sp³-hybridized carbons (Fsp3) is 0.200. The monoisotopic (exact) mass is 112 g/mol. The normalized spacial score (nSPS) is 16.9. The molecule has 0 aromatic heterocycles. The summed E-state index contributed by atoms with van der Waals surface area (Å²) in [6.45, 7) is 10.3. The van der Waals surface area contributed by atoms with Crippen molar-refractivity contribution in [3.8, 4) is 0 Å². The van der Waals surface area contributed by atoms with Gasteiger partial charge in [0.2, 0.25) is 0 Å². The fourth-order valence-corrected chi connectivity index (χ4v) is 0.290. The van der Waals surface area contributed by atoms with Crippen LogP contribution in [0.4, 0.5) is 0 Å². The van der Waals surface area contributed by atoms with E-state index in [-0.39, 0.29) is 0 Å². The first kappa shape index (κ1) is 6.67. The first-order valence-electron chi connectivity index (χ1n) is 1.71. The average Bonchev–Trinajstić information content (AvgIpc) is 1.30. The molecule has 0 unspecified atom stereocenters. The van der Waals surface area contributed by atoms with Crippen LogP contribution in [0.15, 0.2) is 4.99 Å². The van der Waals surface area contributed by atoms with E-state index >= 15 is 0 Å². The number of hydrogen-bond donors (Lipinski definition) is 0. The van der Waals surface area contributed by atoms with Crippen LogP contribution in [-0.4, -0.2) is 10.7 Å². The molecule has 1 nitrogen and oxygen atoms in total. The van der Waals surface area contributed by atoms with Gasteiger partial charge in [0.25, 0.3) is 0 Å². The van der Waals surface area contributed by atoms with Crippen LogP contribution < -0.4 is 0 Å². The van der Waals surface area contributed by atoms with Crippen LogP contribution >= 0.6 is 12.2 Å². The van der Waals surface area contributed by atoms with Crippen LogP contribution in [0.5, 0.6) is 0 Å². The van der Waals surface area contributed by atoms with Crippen molar-refractivity contribution in [2.24, 2.45) is 4.99 Å². The zero-order valence-electron chi connectivity index (χ0n) is 3.98. The van der Waals surface area contributed by atoms with Crippen LogP contribution in [0.1, 0.15) is 0 Å². The van der Waals surface area contributed by atoms with Gasteiger partial charge in [-0.1, -0.05) is 0 Å². The van der Waals surface area contributed by atoms with E-state index in [2.05, 4.69) is 43.1 Å². The summed E-state index contributed by atoms with van der Waals surface area (Å²) in [6.07, 6.45) is 0. The van der Waals surface area contributed by atoms with E-state index in [0.717, 1.165) is 0 Å². The highest BCUT2D eigenvalue weighted by Gasteiger charge is 2.03. The Balaban J connectivity index is 3.80. The van der Waals surface area contributed by atoms with Crippen molar-refractivity contribution in [2.45, 2.75) is 5.54 Å². The predicted molar refractivity (Wildman–Crippen MR) is 33.8 cm³/mol. The molecule has 0 aliphatic heterocycles. The number of thiocarbonyl (C=S) groups is 1. The van der Waals surface area contributed by atoms with Crippen LogP contribution in [0.3, 0.4) is 0 Å². The number of nitrogens with zero attached hydrogens (tertiary/aromatic N) is 1. The molecule has 0 saturated heterocycles. The lowest BCUT2D eigenvalue weighted by Gasteiger charge is -2.06. The zero-order chi connectivity index (χ0) is 5.91. The molecule has 0 atom stereocenters. The van der Waals surface area contributed by atoms with Crippen LogP contribution in [0.25, 0.3) is 0 Å². The molecule has 0 N–H and O–H groups in total. The first-order valence-corrected chi connectivity index (χ1v) is 2.12. The summed E-state index contributed by atoms with van der Waals surface area (Å²) >= 11 is 4.26. The third-order valence-corrected chi connectivity index (χ3v) is 0.374. The summed E-state index contributed by atoms with van der Waals surface area (Å²) in [4.78, 5) is 3.49. The molecule has 0 aliphatic carbocycles. The minimum Gasteiger partial charge on any atom is -0.270 e. The molecule has 0 saturated carbocycles. The van der Waals surface area contributed by atoms with Gasteiger partial charge < -0.3 is 0 Å². The first-order chi connectivity index (χ1) is 3.06. The molecule has 0 aromatic rings. The summed E-state index contributed by atoms with van der Waals surface area (Å²) < 4.78 is 0. The van der Waals surface area contributed by atoms with E-state index in [1.54, 1.807) is 0 Å². The van der Waals surface area contributed by atoms with Gasteiger partial charge in [-0.15, -0.1) is 0 Å². The molecule has 0 aliphatic rings. The molecular formula is C5H6NS. The second kappa shape index (κ2) is 2.10. The van der Waals surface area contributed by atoms with E-state index in [9.17, 15) is 0 Å². The van der Waals surface area contributed by atoms with Gasteiger partial charge in [0.05, 0.1) is 17.6 Å². The lowest BCUT2D eigenvalue weighted by Crippen LogP contribution is -2.09. The molecule has 0 spiro atoms. The molecule has 7 heavy (non-hydrogen) atoms. The molecule has 0 fully saturated rings. The van der Waals surface area contributed by atoms with E-state index in [4.69, 9.17) is 0 Å². The number of isothiocyanates is 1. The van der Waals surface area contributed by atoms with Crippen molar-refractivity contribution in [3.63, 3.8) is 0 Å². The molecule has 0 bridgehead atoms. The van der Waals surface area contributed by atoms with Crippen LogP contribution in [-0.2, 0) is 0 Å². The minimum atomic E-state index is -0.790. The van der Waals surface area contributed by atoms with Gasteiger partial charge in [0, 0.05) is 0 Å². The van der Waals surface area contributed by atoms with Crippen molar-refractivity contribution in [2.75, 3.05) is 0 Å². The number of aliphatic imine (C=N–C) groups is 1. The molecule has 0 aromatic carbocycles. The Morgan fingerprint density at radius 2 is 2.43 bits per heavy atom. The highest BCUT2D eigenvalue weighted by atomic mass is 32.1. The van der Waals surface area contributed by atoms with E-state index < -0.39 is 5.54 Å². The molecule has 2 heteroatoms. The summed E-state index contributed by atoms with van der Waals surface area (Å²) in [6, 6.07) is 0. The Morgan fingerprint density at radius 3 is 2.43 bits per heavy atom. The smallest absolute Gasteiger partial charge is 0.0859 e. The summed E-state index contributed by atoms with van der Waals surface area (Å²) in [5.74, 6) is 0. The van der Waals surface area contributed by atoms with Crippen LogP contribution in [0, 0.1) is 20.8 Å². The maximum atomic E-state index is 4.26. The standard InChI is InChI=1S/C5H6NS/c1-5(2,3)6-4-7/h1-3H2.